The normalized spacial score (nSPS) is 17.1. The standard InChI is InChI=1S/C17H17BrClN/c1-10-7-13(18)8-11(2)17(10)20-16-6-3-12-9-14(19)4-5-15(12)16/h4-5,7-9,16,20H,3,6H2,1-2H3. The van der Waals surface area contributed by atoms with Crippen LogP contribution in [0.3, 0.4) is 0 Å². The number of anilines is 1. The van der Waals surface area contributed by atoms with Gasteiger partial charge >= 0.3 is 0 Å². The van der Waals surface area contributed by atoms with Crippen LogP contribution in [0.15, 0.2) is 34.8 Å². The Hall–Kier alpha value is -0.990. The molecular formula is C17H17BrClN. The number of nitrogens with one attached hydrogen (secondary N) is 1. The van der Waals surface area contributed by atoms with E-state index in [4.69, 9.17) is 11.6 Å². The summed E-state index contributed by atoms with van der Waals surface area (Å²) in [6.07, 6.45) is 2.23. The Balaban J connectivity index is 1.91. The van der Waals surface area contributed by atoms with Gasteiger partial charge in [0.15, 0.2) is 0 Å². The summed E-state index contributed by atoms with van der Waals surface area (Å²) in [6, 6.07) is 11.0. The van der Waals surface area contributed by atoms with Crippen molar-refractivity contribution in [1.82, 2.24) is 0 Å². The molecule has 1 nitrogen and oxygen atoms in total. The van der Waals surface area contributed by atoms with Crippen LogP contribution in [0.5, 0.6) is 0 Å². The molecule has 2 aromatic carbocycles. The van der Waals surface area contributed by atoms with Crippen LogP contribution in [0.1, 0.15) is 34.7 Å². The Bertz CT molecular complexity index is 643. The summed E-state index contributed by atoms with van der Waals surface area (Å²) in [5.74, 6) is 0. The topological polar surface area (TPSA) is 12.0 Å². The zero-order valence-corrected chi connectivity index (χ0v) is 14.0. The first-order valence-corrected chi connectivity index (χ1v) is 8.03. The van der Waals surface area contributed by atoms with E-state index in [0.29, 0.717) is 6.04 Å². The summed E-state index contributed by atoms with van der Waals surface area (Å²) < 4.78 is 1.14. The van der Waals surface area contributed by atoms with Crippen molar-refractivity contribution in [3.63, 3.8) is 0 Å². The fourth-order valence-corrected chi connectivity index (χ4v) is 3.93. The van der Waals surface area contributed by atoms with Crippen LogP contribution in [0.25, 0.3) is 0 Å². The van der Waals surface area contributed by atoms with Gasteiger partial charge in [0.2, 0.25) is 0 Å². The van der Waals surface area contributed by atoms with Gasteiger partial charge in [-0.05, 0) is 73.2 Å². The molecule has 0 heterocycles. The second-order valence-electron chi connectivity index (χ2n) is 5.49. The molecule has 3 rings (SSSR count). The van der Waals surface area contributed by atoms with Gasteiger partial charge in [-0.15, -0.1) is 0 Å². The molecule has 3 heteroatoms. The van der Waals surface area contributed by atoms with E-state index in [9.17, 15) is 0 Å². The molecule has 0 spiro atoms. The van der Waals surface area contributed by atoms with E-state index >= 15 is 0 Å². The maximum Gasteiger partial charge on any atom is 0.0519 e. The number of halogens is 2. The van der Waals surface area contributed by atoms with Gasteiger partial charge < -0.3 is 5.32 Å². The third-order valence-electron chi connectivity index (χ3n) is 4.00. The predicted molar refractivity (Wildman–Crippen MR) is 89.8 cm³/mol. The van der Waals surface area contributed by atoms with Crippen molar-refractivity contribution in [1.29, 1.82) is 0 Å². The number of rotatable bonds is 2. The van der Waals surface area contributed by atoms with Crippen LogP contribution in [-0.2, 0) is 6.42 Å². The smallest absolute Gasteiger partial charge is 0.0519 e. The average Bonchev–Trinajstić information content (AvgIpc) is 2.76. The fraction of sp³-hybridized carbons (Fsp3) is 0.294. The highest BCUT2D eigenvalue weighted by molar-refractivity contribution is 9.10. The molecule has 2 aromatic rings. The van der Waals surface area contributed by atoms with Crippen molar-refractivity contribution in [2.24, 2.45) is 0 Å². The predicted octanol–water partition coefficient (Wildman–Crippen LogP) is 5.82. The highest BCUT2D eigenvalue weighted by Crippen LogP contribution is 2.37. The van der Waals surface area contributed by atoms with Gasteiger partial charge in [-0.2, -0.15) is 0 Å². The molecule has 0 amide bonds. The molecule has 1 aliphatic rings. The van der Waals surface area contributed by atoms with Gasteiger partial charge in [-0.3, -0.25) is 0 Å². The second kappa shape index (κ2) is 5.42. The third kappa shape index (κ3) is 2.59. The van der Waals surface area contributed by atoms with Crippen molar-refractivity contribution in [2.75, 3.05) is 5.32 Å². The van der Waals surface area contributed by atoms with E-state index in [1.54, 1.807) is 0 Å². The molecule has 0 saturated heterocycles. The Morgan fingerprint density at radius 3 is 2.55 bits per heavy atom. The average molecular weight is 351 g/mol. The molecule has 104 valence electrons. The van der Waals surface area contributed by atoms with Gasteiger partial charge in [0, 0.05) is 15.2 Å². The lowest BCUT2D eigenvalue weighted by atomic mass is 10.1. The first-order chi connectivity index (χ1) is 9.54. The summed E-state index contributed by atoms with van der Waals surface area (Å²) >= 11 is 9.62. The van der Waals surface area contributed by atoms with E-state index in [0.717, 1.165) is 22.3 Å². The quantitative estimate of drug-likeness (QED) is 0.719. The summed E-state index contributed by atoms with van der Waals surface area (Å²) in [7, 11) is 0. The summed E-state index contributed by atoms with van der Waals surface area (Å²) in [4.78, 5) is 0. The lowest BCUT2D eigenvalue weighted by molar-refractivity contribution is 0.760. The first kappa shape index (κ1) is 14.0. The molecule has 0 saturated carbocycles. The Morgan fingerprint density at radius 1 is 1.15 bits per heavy atom. The second-order valence-corrected chi connectivity index (χ2v) is 6.85. The largest absolute Gasteiger partial charge is 0.378 e. The van der Waals surface area contributed by atoms with E-state index in [2.05, 4.69) is 59.4 Å². The number of aryl methyl sites for hydroxylation is 3. The van der Waals surface area contributed by atoms with Crippen LogP contribution >= 0.6 is 27.5 Å². The van der Waals surface area contributed by atoms with E-state index in [1.165, 1.54) is 27.9 Å². The summed E-state index contributed by atoms with van der Waals surface area (Å²) in [5.41, 5.74) is 6.57. The number of fused-ring (bicyclic) bond motifs is 1. The van der Waals surface area contributed by atoms with Crippen LogP contribution < -0.4 is 5.32 Å². The molecule has 1 unspecified atom stereocenters. The maximum absolute atomic E-state index is 6.07. The van der Waals surface area contributed by atoms with E-state index in [-0.39, 0.29) is 0 Å². The SMILES string of the molecule is Cc1cc(Br)cc(C)c1NC1CCc2cc(Cl)ccc21. The lowest BCUT2D eigenvalue weighted by Gasteiger charge is -2.20. The maximum atomic E-state index is 6.07. The monoisotopic (exact) mass is 349 g/mol. The van der Waals surface area contributed by atoms with Crippen molar-refractivity contribution in [3.05, 3.63) is 62.1 Å². The van der Waals surface area contributed by atoms with Crippen molar-refractivity contribution < 1.29 is 0 Å². The molecular weight excluding hydrogens is 334 g/mol. The zero-order valence-electron chi connectivity index (χ0n) is 11.6. The van der Waals surface area contributed by atoms with Crippen LogP contribution in [0.2, 0.25) is 5.02 Å². The summed E-state index contributed by atoms with van der Waals surface area (Å²) in [6.45, 7) is 4.30. The molecule has 0 aromatic heterocycles. The minimum atomic E-state index is 0.390. The van der Waals surface area contributed by atoms with Gasteiger partial charge in [0.05, 0.1) is 6.04 Å². The minimum Gasteiger partial charge on any atom is -0.378 e. The van der Waals surface area contributed by atoms with E-state index < -0.39 is 0 Å². The van der Waals surface area contributed by atoms with Crippen molar-refractivity contribution in [3.8, 4) is 0 Å². The fourth-order valence-electron chi connectivity index (χ4n) is 3.05. The van der Waals surface area contributed by atoms with Gasteiger partial charge in [-0.1, -0.05) is 33.6 Å². The van der Waals surface area contributed by atoms with Gasteiger partial charge in [0.25, 0.3) is 0 Å². The van der Waals surface area contributed by atoms with Gasteiger partial charge in [0.1, 0.15) is 0 Å². The van der Waals surface area contributed by atoms with Gasteiger partial charge in [-0.25, -0.2) is 0 Å². The van der Waals surface area contributed by atoms with Crippen LogP contribution in [0.4, 0.5) is 5.69 Å². The first-order valence-electron chi connectivity index (χ1n) is 6.86. The molecule has 1 N–H and O–H groups in total. The molecule has 0 aliphatic heterocycles. The van der Waals surface area contributed by atoms with Crippen LogP contribution in [0, 0.1) is 13.8 Å². The Kier molecular flexibility index (Phi) is 3.78. The molecule has 0 bridgehead atoms. The minimum absolute atomic E-state index is 0.390. The highest BCUT2D eigenvalue weighted by Gasteiger charge is 2.23. The highest BCUT2D eigenvalue weighted by atomic mass is 79.9. The molecule has 1 atom stereocenters. The summed E-state index contributed by atoms with van der Waals surface area (Å²) in [5, 5.41) is 4.55. The van der Waals surface area contributed by atoms with Crippen molar-refractivity contribution in [2.45, 2.75) is 32.7 Å². The Morgan fingerprint density at radius 2 is 1.85 bits per heavy atom. The van der Waals surface area contributed by atoms with E-state index in [1.807, 2.05) is 6.07 Å². The van der Waals surface area contributed by atoms with Crippen molar-refractivity contribution >= 4 is 33.2 Å². The molecule has 20 heavy (non-hydrogen) atoms. The van der Waals surface area contributed by atoms with Crippen LogP contribution in [-0.4, -0.2) is 0 Å². The molecule has 0 fully saturated rings. The molecule has 1 aliphatic carbocycles. The zero-order chi connectivity index (χ0) is 14.3. The Labute approximate surface area is 133 Å². The lowest BCUT2D eigenvalue weighted by Crippen LogP contribution is -2.09. The number of hydrogen-bond acceptors (Lipinski definition) is 1. The molecule has 0 radical (unpaired) electrons. The number of benzene rings is 2. The third-order valence-corrected chi connectivity index (χ3v) is 4.69. The number of hydrogen-bond donors (Lipinski definition) is 1.